The van der Waals surface area contributed by atoms with Crippen molar-refractivity contribution in [2.75, 3.05) is 20.3 Å². The molecule has 0 unspecified atom stereocenters. The van der Waals surface area contributed by atoms with E-state index in [9.17, 15) is 9.90 Å². The Morgan fingerprint density at radius 1 is 1.30 bits per heavy atom. The van der Waals surface area contributed by atoms with Crippen molar-refractivity contribution in [2.45, 2.75) is 13.5 Å². The second-order valence-corrected chi connectivity index (χ2v) is 5.08. The Kier molecular flexibility index (Phi) is 6.00. The molecule has 2 rings (SSSR count). The molecule has 5 nitrogen and oxygen atoms in total. The van der Waals surface area contributed by atoms with Crippen LogP contribution in [-0.4, -0.2) is 36.2 Å². The highest BCUT2D eigenvalue weighted by Crippen LogP contribution is 2.19. The number of rotatable bonds is 7. The van der Waals surface area contributed by atoms with E-state index >= 15 is 0 Å². The Bertz CT molecular complexity index is 675. The Hall–Kier alpha value is -2.53. The normalized spacial score (nSPS) is 10.9. The quantitative estimate of drug-likeness (QED) is 0.798. The van der Waals surface area contributed by atoms with Gasteiger partial charge in [-0.15, -0.1) is 0 Å². The van der Waals surface area contributed by atoms with Crippen LogP contribution in [0.25, 0.3) is 6.08 Å². The number of para-hydroxylation sites is 1. The number of hydrogen-bond donors (Lipinski definition) is 1. The number of hydrogen-bond acceptors (Lipinski definition) is 4. The summed E-state index contributed by atoms with van der Waals surface area (Å²) in [5, 5.41) is 9.21. The molecule has 1 aromatic heterocycles. The highest BCUT2D eigenvalue weighted by molar-refractivity contribution is 5.91. The minimum atomic E-state index is -0.195. The second-order valence-electron chi connectivity index (χ2n) is 5.08. The number of methoxy groups -OCH3 is 1. The van der Waals surface area contributed by atoms with E-state index in [-0.39, 0.29) is 19.1 Å². The van der Waals surface area contributed by atoms with E-state index in [1.807, 2.05) is 37.3 Å². The average molecular weight is 315 g/mol. The number of benzene rings is 1. The Labute approximate surface area is 135 Å². The summed E-state index contributed by atoms with van der Waals surface area (Å²) < 4.78 is 10.7. The van der Waals surface area contributed by atoms with E-state index in [2.05, 4.69) is 0 Å². The number of amides is 1. The van der Waals surface area contributed by atoms with Crippen LogP contribution in [0.1, 0.15) is 17.1 Å². The minimum Gasteiger partial charge on any atom is -0.496 e. The molecule has 0 saturated carbocycles. The van der Waals surface area contributed by atoms with Gasteiger partial charge in [0.15, 0.2) is 0 Å². The molecule has 0 saturated heterocycles. The molecule has 5 heteroatoms. The van der Waals surface area contributed by atoms with Gasteiger partial charge in [-0.3, -0.25) is 4.79 Å². The first kappa shape index (κ1) is 16.8. The summed E-state index contributed by atoms with van der Waals surface area (Å²) in [6.45, 7) is 2.36. The van der Waals surface area contributed by atoms with Crippen molar-refractivity contribution >= 4 is 12.0 Å². The molecule has 2 aromatic rings. The van der Waals surface area contributed by atoms with E-state index in [1.165, 1.54) is 6.08 Å². The molecule has 0 fully saturated rings. The van der Waals surface area contributed by atoms with Gasteiger partial charge in [0, 0.05) is 24.7 Å². The van der Waals surface area contributed by atoms with Crippen LogP contribution in [0, 0.1) is 6.92 Å². The number of furan rings is 1. The van der Waals surface area contributed by atoms with Crippen LogP contribution in [0.2, 0.25) is 0 Å². The SMILES string of the molecule is COc1ccccc1CN(CCO)C(=O)/C=C/c1ccc(C)o1. The fourth-order valence-electron chi connectivity index (χ4n) is 2.23. The van der Waals surface area contributed by atoms with Crippen molar-refractivity contribution in [3.8, 4) is 5.75 Å². The fraction of sp³-hybridized carbons (Fsp3) is 0.278. The first-order valence-corrected chi connectivity index (χ1v) is 7.40. The van der Waals surface area contributed by atoms with Crippen molar-refractivity contribution in [3.05, 3.63) is 59.6 Å². The second kappa shape index (κ2) is 8.19. The van der Waals surface area contributed by atoms with Crippen LogP contribution in [-0.2, 0) is 11.3 Å². The number of carbonyl (C=O) groups is 1. The maximum Gasteiger partial charge on any atom is 0.247 e. The molecular weight excluding hydrogens is 294 g/mol. The zero-order chi connectivity index (χ0) is 16.7. The van der Waals surface area contributed by atoms with Crippen LogP contribution < -0.4 is 4.74 Å². The topological polar surface area (TPSA) is 62.9 Å². The molecule has 0 spiro atoms. The van der Waals surface area contributed by atoms with Crippen molar-refractivity contribution in [3.63, 3.8) is 0 Å². The molecule has 0 aliphatic heterocycles. The largest absolute Gasteiger partial charge is 0.496 e. The lowest BCUT2D eigenvalue weighted by Gasteiger charge is -2.21. The Balaban J connectivity index is 2.10. The lowest BCUT2D eigenvalue weighted by Crippen LogP contribution is -2.31. The molecule has 122 valence electrons. The third kappa shape index (κ3) is 4.72. The van der Waals surface area contributed by atoms with Crippen LogP contribution in [0.3, 0.4) is 0 Å². The fourth-order valence-corrected chi connectivity index (χ4v) is 2.23. The van der Waals surface area contributed by atoms with Crippen LogP contribution in [0.5, 0.6) is 5.75 Å². The molecule has 0 radical (unpaired) electrons. The lowest BCUT2D eigenvalue weighted by molar-refractivity contribution is -0.127. The number of aliphatic hydroxyl groups excluding tert-OH is 1. The maximum absolute atomic E-state index is 12.4. The van der Waals surface area contributed by atoms with Gasteiger partial charge in [0.25, 0.3) is 0 Å². The van der Waals surface area contributed by atoms with Crippen molar-refractivity contribution in [1.82, 2.24) is 4.90 Å². The van der Waals surface area contributed by atoms with Gasteiger partial charge in [-0.25, -0.2) is 0 Å². The minimum absolute atomic E-state index is 0.103. The number of nitrogens with zero attached hydrogens (tertiary/aromatic N) is 1. The van der Waals surface area contributed by atoms with Crippen LogP contribution in [0.4, 0.5) is 0 Å². The zero-order valence-electron chi connectivity index (χ0n) is 13.4. The number of aryl methyl sites for hydroxylation is 1. The van der Waals surface area contributed by atoms with Gasteiger partial charge < -0.3 is 19.2 Å². The van der Waals surface area contributed by atoms with Crippen molar-refractivity contribution in [2.24, 2.45) is 0 Å². The van der Waals surface area contributed by atoms with Gasteiger partial charge in [0.05, 0.1) is 13.7 Å². The zero-order valence-corrected chi connectivity index (χ0v) is 13.4. The molecule has 1 amide bonds. The summed E-state index contributed by atoms with van der Waals surface area (Å²) in [6, 6.07) is 11.1. The third-order valence-corrected chi connectivity index (χ3v) is 3.39. The van der Waals surface area contributed by atoms with Gasteiger partial charge >= 0.3 is 0 Å². The van der Waals surface area contributed by atoms with E-state index in [0.717, 1.165) is 11.3 Å². The van der Waals surface area contributed by atoms with Gasteiger partial charge in [-0.05, 0) is 31.2 Å². The monoisotopic (exact) mass is 315 g/mol. The van der Waals surface area contributed by atoms with Gasteiger partial charge in [0.2, 0.25) is 5.91 Å². The Morgan fingerprint density at radius 3 is 2.74 bits per heavy atom. The number of carbonyl (C=O) groups excluding carboxylic acids is 1. The predicted octanol–water partition coefficient (Wildman–Crippen LogP) is 2.63. The lowest BCUT2D eigenvalue weighted by atomic mass is 10.2. The molecule has 1 aromatic carbocycles. The standard InChI is InChI=1S/C18H21NO4/c1-14-7-8-16(23-14)9-10-18(21)19(11-12-20)13-15-5-3-4-6-17(15)22-2/h3-10,20H,11-13H2,1-2H3/b10-9+. The van der Waals surface area contributed by atoms with Gasteiger partial charge in [-0.1, -0.05) is 18.2 Å². The van der Waals surface area contributed by atoms with E-state index in [4.69, 9.17) is 9.15 Å². The molecule has 1 N–H and O–H groups in total. The molecule has 0 aliphatic rings. The summed E-state index contributed by atoms with van der Waals surface area (Å²) in [6.07, 6.45) is 3.07. The van der Waals surface area contributed by atoms with Crippen LogP contribution in [0.15, 0.2) is 46.9 Å². The Morgan fingerprint density at radius 2 is 2.09 bits per heavy atom. The molecule has 1 heterocycles. The summed E-state index contributed by atoms with van der Waals surface area (Å²) >= 11 is 0. The molecule has 0 aliphatic carbocycles. The summed E-state index contributed by atoms with van der Waals surface area (Å²) in [5.74, 6) is 1.93. The predicted molar refractivity (Wildman–Crippen MR) is 88.0 cm³/mol. The smallest absolute Gasteiger partial charge is 0.247 e. The maximum atomic E-state index is 12.4. The average Bonchev–Trinajstić information content (AvgIpc) is 2.98. The molecule has 0 bridgehead atoms. The van der Waals surface area contributed by atoms with Gasteiger partial charge in [-0.2, -0.15) is 0 Å². The highest BCUT2D eigenvalue weighted by Gasteiger charge is 2.13. The molecule has 0 atom stereocenters. The summed E-state index contributed by atoms with van der Waals surface area (Å²) in [4.78, 5) is 13.9. The van der Waals surface area contributed by atoms with E-state index in [1.54, 1.807) is 24.2 Å². The van der Waals surface area contributed by atoms with Crippen molar-refractivity contribution < 1.29 is 19.1 Å². The first-order chi connectivity index (χ1) is 11.1. The number of ether oxygens (including phenoxy) is 1. The third-order valence-electron chi connectivity index (χ3n) is 3.39. The van der Waals surface area contributed by atoms with E-state index in [0.29, 0.717) is 18.1 Å². The van der Waals surface area contributed by atoms with Crippen LogP contribution >= 0.6 is 0 Å². The van der Waals surface area contributed by atoms with Gasteiger partial charge in [0.1, 0.15) is 17.3 Å². The number of aliphatic hydroxyl groups is 1. The molecule has 23 heavy (non-hydrogen) atoms. The highest BCUT2D eigenvalue weighted by atomic mass is 16.5. The van der Waals surface area contributed by atoms with E-state index < -0.39 is 0 Å². The first-order valence-electron chi connectivity index (χ1n) is 7.40. The summed E-state index contributed by atoms with van der Waals surface area (Å²) in [5.41, 5.74) is 0.888. The summed E-state index contributed by atoms with van der Waals surface area (Å²) in [7, 11) is 1.59. The van der Waals surface area contributed by atoms with Crippen molar-refractivity contribution in [1.29, 1.82) is 0 Å². The molecular formula is C18H21NO4.